The van der Waals surface area contributed by atoms with Crippen molar-refractivity contribution >= 4 is 33.3 Å². The van der Waals surface area contributed by atoms with E-state index in [1.807, 2.05) is 0 Å². The fourth-order valence-corrected chi connectivity index (χ4v) is 2.31. The molecule has 10 heteroatoms. The lowest BCUT2D eigenvalue weighted by Crippen LogP contribution is -2.15. The van der Waals surface area contributed by atoms with Gasteiger partial charge < -0.3 is 4.74 Å². The van der Waals surface area contributed by atoms with Crippen LogP contribution in [-0.2, 0) is 14.8 Å². The molecule has 0 radical (unpaired) electrons. The molecule has 0 unspecified atom stereocenters. The van der Waals surface area contributed by atoms with Crippen LogP contribution < -0.4 is 5.14 Å². The van der Waals surface area contributed by atoms with Gasteiger partial charge in [0.15, 0.2) is 0 Å². The van der Waals surface area contributed by atoms with E-state index in [-0.39, 0.29) is 0 Å². The molecule has 0 saturated heterocycles. The van der Waals surface area contributed by atoms with Gasteiger partial charge in [0, 0.05) is 12.1 Å². The molecule has 0 amide bonds. The lowest BCUT2D eigenvalue weighted by Gasteiger charge is -2.06. The lowest BCUT2D eigenvalue weighted by molar-refractivity contribution is -0.385. The third kappa shape index (κ3) is 2.75. The molecule has 0 aliphatic rings. The Kier molecular flexibility index (Phi) is 3.89. The molecule has 0 aromatic heterocycles. The van der Waals surface area contributed by atoms with Gasteiger partial charge in [-0.3, -0.25) is 10.1 Å². The standard InChI is InChI=1S/C8H7ClN2O6S/c1-17-8(12)5-2-4(11(13)14)3-6(7(5)9)18(10,15)16/h2-3H,1H3,(H2,10,15,16). The normalized spacial score (nSPS) is 11.1. The van der Waals surface area contributed by atoms with Crippen LogP contribution in [0.4, 0.5) is 5.69 Å². The molecule has 1 aromatic rings. The minimum Gasteiger partial charge on any atom is -0.465 e. The van der Waals surface area contributed by atoms with Crippen LogP contribution in [0.3, 0.4) is 0 Å². The van der Waals surface area contributed by atoms with Crippen LogP contribution in [0.15, 0.2) is 17.0 Å². The van der Waals surface area contributed by atoms with Crippen molar-refractivity contribution in [2.45, 2.75) is 4.90 Å². The summed E-state index contributed by atoms with van der Waals surface area (Å²) in [6, 6.07) is 1.48. The van der Waals surface area contributed by atoms with Gasteiger partial charge in [-0.2, -0.15) is 0 Å². The average Bonchev–Trinajstić information content (AvgIpc) is 2.26. The van der Waals surface area contributed by atoms with Gasteiger partial charge >= 0.3 is 5.97 Å². The number of nitrogens with zero attached hydrogens (tertiary/aromatic N) is 1. The second-order valence-electron chi connectivity index (χ2n) is 3.10. The number of nitro groups is 1. The summed E-state index contributed by atoms with van der Waals surface area (Å²) in [6.07, 6.45) is 0. The summed E-state index contributed by atoms with van der Waals surface area (Å²) in [7, 11) is -3.28. The zero-order valence-corrected chi connectivity index (χ0v) is 10.5. The Hall–Kier alpha value is -1.71. The number of nitro benzene ring substituents is 1. The van der Waals surface area contributed by atoms with Gasteiger partial charge in [0.2, 0.25) is 10.0 Å². The third-order valence-corrected chi connectivity index (χ3v) is 3.40. The number of hydrogen-bond acceptors (Lipinski definition) is 6. The van der Waals surface area contributed by atoms with Gasteiger partial charge in [-0.15, -0.1) is 0 Å². The van der Waals surface area contributed by atoms with Gasteiger partial charge in [0.1, 0.15) is 4.90 Å². The third-order valence-electron chi connectivity index (χ3n) is 1.95. The van der Waals surface area contributed by atoms with E-state index in [1.165, 1.54) is 0 Å². The van der Waals surface area contributed by atoms with E-state index in [0.717, 1.165) is 13.2 Å². The predicted molar refractivity (Wildman–Crippen MR) is 60.8 cm³/mol. The van der Waals surface area contributed by atoms with Crippen LogP contribution in [-0.4, -0.2) is 26.4 Å². The molecule has 8 nitrogen and oxygen atoms in total. The highest BCUT2D eigenvalue weighted by Gasteiger charge is 2.25. The zero-order valence-electron chi connectivity index (χ0n) is 8.91. The zero-order chi connectivity index (χ0) is 14.1. The molecule has 0 heterocycles. The van der Waals surface area contributed by atoms with Gasteiger partial charge in [-0.25, -0.2) is 18.4 Å². The number of nitrogens with two attached hydrogens (primary N) is 1. The number of benzene rings is 1. The summed E-state index contributed by atoms with van der Waals surface area (Å²) in [5, 5.41) is 15.0. The second kappa shape index (κ2) is 4.88. The fourth-order valence-electron chi connectivity index (χ4n) is 1.15. The maximum absolute atomic E-state index is 11.3. The van der Waals surface area contributed by atoms with E-state index in [0.29, 0.717) is 6.07 Å². The topological polar surface area (TPSA) is 130 Å². The Balaban J connectivity index is 3.69. The number of hydrogen-bond donors (Lipinski definition) is 1. The Labute approximate surface area is 106 Å². The molecular weight excluding hydrogens is 288 g/mol. The monoisotopic (exact) mass is 294 g/mol. The Morgan fingerprint density at radius 1 is 1.50 bits per heavy atom. The van der Waals surface area contributed by atoms with Gasteiger partial charge in [0.25, 0.3) is 5.69 Å². The fraction of sp³-hybridized carbons (Fsp3) is 0.125. The first-order chi connectivity index (χ1) is 8.18. The summed E-state index contributed by atoms with van der Waals surface area (Å²) in [6.45, 7) is 0. The molecule has 2 N–H and O–H groups in total. The predicted octanol–water partition coefficient (Wildman–Crippen LogP) is 0.682. The minimum absolute atomic E-state index is 0.447. The van der Waals surface area contributed by atoms with E-state index < -0.39 is 42.1 Å². The van der Waals surface area contributed by atoms with Crippen LogP contribution in [0.1, 0.15) is 10.4 Å². The molecular formula is C8H7ClN2O6S. The summed E-state index contributed by atoms with van der Waals surface area (Å²) < 4.78 is 26.8. The first-order valence-electron chi connectivity index (χ1n) is 4.27. The number of non-ortho nitro benzene ring substituents is 1. The number of halogens is 1. The van der Waals surface area contributed by atoms with Crippen LogP contribution in [0, 0.1) is 10.1 Å². The van der Waals surface area contributed by atoms with E-state index in [4.69, 9.17) is 16.7 Å². The Bertz CT molecular complexity index is 627. The van der Waals surface area contributed by atoms with Crippen molar-refractivity contribution in [3.05, 3.63) is 32.8 Å². The van der Waals surface area contributed by atoms with E-state index >= 15 is 0 Å². The van der Waals surface area contributed by atoms with E-state index in [1.54, 1.807) is 0 Å². The lowest BCUT2D eigenvalue weighted by atomic mass is 10.2. The highest BCUT2D eigenvalue weighted by molar-refractivity contribution is 7.89. The van der Waals surface area contributed by atoms with Crippen LogP contribution >= 0.6 is 11.6 Å². The van der Waals surface area contributed by atoms with Crippen molar-refractivity contribution in [2.75, 3.05) is 7.11 Å². The summed E-state index contributed by atoms with van der Waals surface area (Å²) in [5.74, 6) is -1.01. The molecule has 0 aliphatic heterocycles. The Morgan fingerprint density at radius 2 is 2.06 bits per heavy atom. The number of ether oxygens (including phenoxy) is 1. The molecule has 0 fully saturated rings. The molecule has 0 bridgehead atoms. The number of primary sulfonamides is 1. The van der Waals surface area contributed by atoms with Crippen LogP contribution in [0.5, 0.6) is 0 Å². The van der Waals surface area contributed by atoms with Crippen molar-refractivity contribution in [1.29, 1.82) is 0 Å². The summed E-state index contributed by atoms with van der Waals surface area (Å²) >= 11 is 5.66. The number of carbonyl (C=O) groups is 1. The second-order valence-corrected chi connectivity index (χ2v) is 5.01. The summed E-state index contributed by atoms with van der Waals surface area (Å²) in [4.78, 5) is 20.4. The van der Waals surface area contributed by atoms with Gasteiger partial charge in [-0.05, 0) is 0 Å². The number of sulfonamides is 1. The highest BCUT2D eigenvalue weighted by atomic mass is 35.5. The average molecular weight is 295 g/mol. The molecule has 0 spiro atoms. The molecule has 98 valence electrons. The minimum atomic E-state index is -4.30. The largest absolute Gasteiger partial charge is 0.465 e. The Morgan fingerprint density at radius 3 is 2.44 bits per heavy atom. The smallest absolute Gasteiger partial charge is 0.339 e. The number of methoxy groups -OCH3 is 1. The molecule has 0 saturated carbocycles. The number of carbonyl (C=O) groups excluding carboxylic acids is 1. The van der Waals surface area contributed by atoms with E-state index in [9.17, 15) is 23.3 Å². The SMILES string of the molecule is COC(=O)c1cc([N+](=O)[O-])cc(S(N)(=O)=O)c1Cl. The van der Waals surface area contributed by atoms with Crippen molar-refractivity contribution < 1.29 is 22.9 Å². The van der Waals surface area contributed by atoms with Crippen molar-refractivity contribution in [3.8, 4) is 0 Å². The maximum atomic E-state index is 11.3. The molecule has 1 aromatic carbocycles. The quantitative estimate of drug-likeness (QED) is 0.495. The van der Waals surface area contributed by atoms with Crippen molar-refractivity contribution in [3.63, 3.8) is 0 Å². The van der Waals surface area contributed by atoms with E-state index in [2.05, 4.69) is 4.74 Å². The number of esters is 1. The molecule has 18 heavy (non-hydrogen) atoms. The first kappa shape index (κ1) is 14.4. The van der Waals surface area contributed by atoms with Gasteiger partial charge in [0.05, 0.1) is 22.6 Å². The maximum Gasteiger partial charge on any atom is 0.339 e. The summed E-state index contributed by atoms with van der Waals surface area (Å²) in [5.41, 5.74) is -1.08. The van der Waals surface area contributed by atoms with Crippen LogP contribution in [0.2, 0.25) is 5.02 Å². The first-order valence-corrected chi connectivity index (χ1v) is 6.20. The van der Waals surface area contributed by atoms with Crippen molar-refractivity contribution in [1.82, 2.24) is 0 Å². The molecule has 1 rings (SSSR count). The van der Waals surface area contributed by atoms with Crippen LogP contribution in [0.25, 0.3) is 0 Å². The van der Waals surface area contributed by atoms with Crippen molar-refractivity contribution in [2.24, 2.45) is 5.14 Å². The number of rotatable bonds is 3. The van der Waals surface area contributed by atoms with Gasteiger partial charge in [-0.1, -0.05) is 11.6 Å². The highest BCUT2D eigenvalue weighted by Crippen LogP contribution is 2.30. The molecule has 0 atom stereocenters. The molecule has 0 aliphatic carbocycles.